The fourth-order valence-electron chi connectivity index (χ4n) is 0.778. The van der Waals surface area contributed by atoms with Gasteiger partial charge in [0, 0.05) is 6.54 Å². The van der Waals surface area contributed by atoms with Crippen LogP contribution in [0.5, 0.6) is 0 Å². The maximum Gasteiger partial charge on any atom is 0.0900 e. The summed E-state index contributed by atoms with van der Waals surface area (Å²) in [5.41, 5.74) is 0. The number of hydrogen-bond donors (Lipinski definition) is 1. The summed E-state index contributed by atoms with van der Waals surface area (Å²) < 4.78 is 5.23. The second-order valence-corrected chi connectivity index (χ2v) is 3.30. The molecular weight excluding hydrogens is 142 g/mol. The molecule has 0 rings (SSSR count). The second kappa shape index (κ2) is 5.52. The number of likely N-dealkylation sites (N-methyl/N-ethyl adjacent to an activating group) is 1. The summed E-state index contributed by atoms with van der Waals surface area (Å²) in [5.74, 6) is 0. The van der Waals surface area contributed by atoms with Crippen LogP contribution in [-0.2, 0) is 4.74 Å². The van der Waals surface area contributed by atoms with Crippen molar-refractivity contribution in [3.05, 3.63) is 0 Å². The molecule has 0 saturated heterocycles. The van der Waals surface area contributed by atoms with Crippen molar-refractivity contribution >= 4 is 0 Å². The Bertz CT molecular complexity index is 94.1. The number of nitrogens with zero attached hydrogens (tertiary/aromatic N) is 1. The van der Waals surface area contributed by atoms with Crippen LogP contribution in [0.4, 0.5) is 0 Å². The molecule has 0 aromatic rings. The Morgan fingerprint density at radius 2 is 1.91 bits per heavy atom. The van der Waals surface area contributed by atoms with E-state index in [0.717, 1.165) is 0 Å². The molecule has 3 heteroatoms. The first-order valence-corrected chi connectivity index (χ1v) is 3.96. The monoisotopic (exact) mass is 161 g/mol. The van der Waals surface area contributed by atoms with Gasteiger partial charge in [-0.25, -0.2) is 0 Å². The van der Waals surface area contributed by atoms with E-state index < -0.39 is 0 Å². The van der Waals surface area contributed by atoms with Gasteiger partial charge in [0.1, 0.15) is 0 Å². The standard InChI is InChI=1S/C8H19NO2/c1-7(2)11-6-8(10)5-9(3)4/h7-8,10H,5-6H2,1-4H3. The third-order valence-corrected chi connectivity index (χ3v) is 1.20. The maximum atomic E-state index is 9.30. The van der Waals surface area contributed by atoms with Crippen molar-refractivity contribution in [1.82, 2.24) is 4.90 Å². The third-order valence-electron chi connectivity index (χ3n) is 1.20. The first-order chi connectivity index (χ1) is 5.02. The lowest BCUT2D eigenvalue weighted by Crippen LogP contribution is -2.30. The van der Waals surface area contributed by atoms with E-state index in [2.05, 4.69) is 0 Å². The molecule has 11 heavy (non-hydrogen) atoms. The minimum Gasteiger partial charge on any atom is -0.389 e. The normalized spacial score (nSPS) is 14.5. The SMILES string of the molecule is CC(C)OCC(O)CN(C)C. The van der Waals surface area contributed by atoms with Gasteiger partial charge in [-0.15, -0.1) is 0 Å². The number of ether oxygens (including phenoxy) is 1. The van der Waals surface area contributed by atoms with Crippen molar-refractivity contribution in [3.63, 3.8) is 0 Å². The van der Waals surface area contributed by atoms with Gasteiger partial charge in [-0.05, 0) is 27.9 Å². The van der Waals surface area contributed by atoms with Gasteiger partial charge < -0.3 is 14.7 Å². The summed E-state index contributed by atoms with van der Waals surface area (Å²) in [6.45, 7) is 5.01. The van der Waals surface area contributed by atoms with Crippen LogP contribution in [0, 0.1) is 0 Å². The molecule has 68 valence electrons. The fourth-order valence-corrected chi connectivity index (χ4v) is 0.778. The van der Waals surface area contributed by atoms with Crippen molar-refractivity contribution in [3.8, 4) is 0 Å². The van der Waals surface area contributed by atoms with Crippen LogP contribution in [0.2, 0.25) is 0 Å². The third kappa shape index (κ3) is 7.78. The van der Waals surface area contributed by atoms with E-state index >= 15 is 0 Å². The Kier molecular flexibility index (Phi) is 5.46. The van der Waals surface area contributed by atoms with Gasteiger partial charge in [0.2, 0.25) is 0 Å². The predicted molar refractivity (Wildman–Crippen MR) is 45.6 cm³/mol. The largest absolute Gasteiger partial charge is 0.389 e. The molecule has 0 fully saturated rings. The molecule has 0 saturated carbocycles. The van der Waals surface area contributed by atoms with Crippen LogP contribution in [0.3, 0.4) is 0 Å². The zero-order valence-corrected chi connectivity index (χ0v) is 7.87. The molecule has 0 radical (unpaired) electrons. The van der Waals surface area contributed by atoms with E-state index in [1.807, 2.05) is 32.8 Å². The average molecular weight is 161 g/mol. The molecule has 3 nitrogen and oxygen atoms in total. The Hall–Kier alpha value is -0.120. The fraction of sp³-hybridized carbons (Fsp3) is 1.00. The van der Waals surface area contributed by atoms with Crippen LogP contribution in [0.25, 0.3) is 0 Å². The molecule has 1 N–H and O–H groups in total. The van der Waals surface area contributed by atoms with Gasteiger partial charge in [-0.3, -0.25) is 0 Å². The van der Waals surface area contributed by atoms with Crippen molar-refractivity contribution in [2.45, 2.75) is 26.1 Å². The smallest absolute Gasteiger partial charge is 0.0900 e. The zero-order valence-electron chi connectivity index (χ0n) is 7.87. The molecule has 1 atom stereocenters. The summed E-state index contributed by atoms with van der Waals surface area (Å²) in [6, 6.07) is 0. The number of aliphatic hydroxyl groups is 1. The average Bonchev–Trinajstić information content (AvgIpc) is 1.82. The van der Waals surface area contributed by atoms with Gasteiger partial charge in [0.25, 0.3) is 0 Å². The van der Waals surface area contributed by atoms with Crippen molar-refractivity contribution in [1.29, 1.82) is 0 Å². The molecule has 0 bridgehead atoms. The minimum atomic E-state index is -0.368. The maximum absolute atomic E-state index is 9.30. The van der Waals surface area contributed by atoms with Gasteiger partial charge in [0.05, 0.1) is 18.8 Å². The highest BCUT2D eigenvalue weighted by atomic mass is 16.5. The summed E-state index contributed by atoms with van der Waals surface area (Å²) in [6.07, 6.45) is -0.167. The van der Waals surface area contributed by atoms with E-state index in [4.69, 9.17) is 4.74 Å². The Morgan fingerprint density at radius 3 is 2.27 bits per heavy atom. The number of aliphatic hydroxyl groups excluding tert-OH is 1. The molecule has 1 unspecified atom stereocenters. The highest BCUT2D eigenvalue weighted by Gasteiger charge is 2.05. The summed E-state index contributed by atoms with van der Waals surface area (Å²) >= 11 is 0. The van der Waals surface area contributed by atoms with E-state index in [1.54, 1.807) is 0 Å². The molecule has 0 aliphatic heterocycles. The Morgan fingerprint density at radius 1 is 1.36 bits per heavy atom. The quantitative estimate of drug-likeness (QED) is 0.631. The molecule has 0 aliphatic rings. The number of hydrogen-bond acceptors (Lipinski definition) is 3. The van der Waals surface area contributed by atoms with E-state index in [1.165, 1.54) is 0 Å². The summed E-state index contributed by atoms with van der Waals surface area (Å²) in [4.78, 5) is 1.94. The van der Waals surface area contributed by atoms with Gasteiger partial charge >= 0.3 is 0 Å². The van der Waals surface area contributed by atoms with Gasteiger partial charge in [0.15, 0.2) is 0 Å². The molecule has 0 spiro atoms. The predicted octanol–water partition coefficient (Wildman–Crippen LogP) is 0.334. The minimum absolute atomic E-state index is 0.201. The first kappa shape index (κ1) is 10.9. The first-order valence-electron chi connectivity index (χ1n) is 3.96. The lowest BCUT2D eigenvalue weighted by atomic mass is 10.3. The Labute approximate surface area is 69.0 Å². The Balaban J connectivity index is 3.29. The van der Waals surface area contributed by atoms with Crippen molar-refractivity contribution in [2.24, 2.45) is 0 Å². The second-order valence-electron chi connectivity index (χ2n) is 3.30. The van der Waals surface area contributed by atoms with Crippen LogP contribution in [0.1, 0.15) is 13.8 Å². The molecule has 0 aromatic carbocycles. The summed E-state index contributed by atoms with van der Waals surface area (Å²) in [7, 11) is 3.86. The lowest BCUT2D eigenvalue weighted by Gasteiger charge is -2.17. The van der Waals surface area contributed by atoms with Gasteiger partial charge in [-0.2, -0.15) is 0 Å². The highest BCUT2D eigenvalue weighted by Crippen LogP contribution is 1.92. The zero-order chi connectivity index (χ0) is 8.85. The summed E-state index contributed by atoms with van der Waals surface area (Å²) in [5, 5.41) is 9.30. The van der Waals surface area contributed by atoms with Crippen LogP contribution >= 0.6 is 0 Å². The van der Waals surface area contributed by atoms with Gasteiger partial charge in [-0.1, -0.05) is 0 Å². The van der Waals surface area contributed by atoms with E-state index in [-0.39, 0.29) is 12.2 Å². The number of rotatable bonds is 5. The molecule has 0 aromatic heterocycles. The highest BCUT2D eigenvalue weighted by molar-refractivity contribution is 4.57. The van der Waals surface area contributed by atoms with Crippen molar-refractivity contribution in [2.75, 3.05) is 27.2 Å². The lowest BCUT2D eigenvalue weighted by molar-refractivity contribution is -0.00312. The molecule has 0 heterocycles. The van der Waals surface area contributed by atoms with Crippen LogP contribution in [0.15, 0.2) is 0 Å². The van der Waals surface area contributed by atoms with E-state index in [9.17, 15) is 5.11 Å². The van der Waals surface area contributed by atoms with Crippen LogP contribution in [-0.4, -0.2) is 49.5 Å². The van der Waals surface area contributed by atoms with Crippen LogP contribution < -0.4 is 0 Å². The van der Waals surface area contributed by atoms with Crippen molar-refractivity contribution < 1.29 is 9.84 Å². The topological polar surface area (TPSA) is 32.7 Å². The molecular formula is C8H19NO2. The molecule has 0 aliphatic carbocycles. The van der Waals surface area contributed by atoms with E-state index in [0.29, 0.717) is 13.2 Å². The molecule has 0 amide bonds.